The van der Waals surface area contributed by atoms with Crippen molar-refractivity contribution in [1.82, 2.24) is 10.2 Å². The van der Waals surface area contributed by atoms with E-state index in [-0.39, 0.29) is 11.8 Å². The van der Waals surface area contributed by atoms with Gasteiger partial charge in [-0.1, -0.05) is 12.1 Å². The highest BCUT2D eigenvalue weighted by Gasteiger charge is 2.26. The van der Waals surface area contributed by atoms with Crippen LogP contribution in [-0.4, -0.2) is 50.5 Å². The van der Waals surface area contributed by atoms with E-state index in [9.17, 15) is 4.79 Å². The predicted octanol–water partition coefficient (Wildman–Crippen LogP) is 4.02. The summed E-state index contributed by atoms with van der Waals surface area (Å²) in [5.41, 5.74) is 2.33. The molecule has 1 aliphatic heterocycles. The van der Waals surface area contributed by atoms with Crippen LogP contribution < -0.4 is 24.4 Å². The largest absolute Gasteiger partial charge is 0.497 e. The van der Waals surface area contributed by atoms with Gasteiger partial charge in [0, 0.05) is 48.5 Å². The van der Waals surface area contributed by atoms with Crippen LogP contribution in [0.4, 0.5) is 11.5 Å². The van der Waals surface area contributed by atoms with Gasteiger partial charge in [-0.2, -0.15) is 0 Å². The fourth-order valence-electron chi connectivity index (χ4n) is 3.99. The number of carbonyl (C=O) groups excluding carboxylic acids is 1. The molecule has 0 spiro atoms. The SMILES string of the molecule is COc1cc(NC(=O)C2CCN(c3ccc(-c4ccccc4OC)nn3)CC2)cc(OC)c1. The number of ether oxygens (including phenoxy) is 3. The molecule has 8 nitrogen and oxygen atoms in total. The first-order valence-corrected chi connectivity index (χ1v) is 10.9. The zero-order valence-corrected chi connectivity index (χ0v) is 19.1. The Morgan fingerprint density at radius 2 is 1.61 bits per heavy atom. The number of aromatic nitrogens is 2. The summed E-state index contributed by atoms with van der Waals surface area (Å²) in [5.74, 6) is 2.77. The van der Waals surface area contributed by atoms with Gasteiger partial charge in [0.25, 0.3) is 0 Å². The topological polar surface area (TPSA) is 85.8 Å². The van der Waals surface area contributed by atoms with Crippen LogP contribution in [0.25, 0.3) is 11.3 Å². The van der Waals surface area contributed by atoms with E-state index in [1.54, 1.807) is 39.5 Å². The number of para-hydroxylation sites is 1. The molecule has 1 saturated heterocycles. The van der Waals surface area contributed by atoms with E-state index in [0.29, 0.717) is 17.2 Å². The van der Waals surface area contributed by atoms with Crippen LogP contribution in [0.3, 0.4) is 0 Å². The first-order valence-electron chi connectivity index (χ1n) is 10.9. The standard InChI is InChI=1S/C25H28N4O4/c1-31-19-14-18(15-20(16-19)32-2)26-25(30)17-10-12-29(13-11-17)24-9-8-22(27-28-24)21-6-4-5-7-23(21)33-3/h4-9,14-17H,10-13H2,1-3H3,(H,26,30). The zero-order valence-electron chi connectivity index (χ0n) is 19.1. The van der Waals surface area contributed by atoms with Gasteiger partial charge in [-0.3, -0.25) is 4.79 Å². The normalized spacial score (nSPS) is 14.0. The van der Waals surface area contributed by atoms with Crippen molar-refractivity contribution in [2.45, 2.75) is 12.8 Å². The Bertz CT molecular complexity index is 1070. The molecule has 2 heterocycles. The molecule has 0 atom stereocenters. The Morgan fingerprint density at radius 1 is 0.909 bits per heavy atom. The molecular weight excluding hydrogens is 420 g/mol. The Kier molecular flexibility index (Phi) is 6.92. The lowest BCUT2D eigenvalue weighted by Crippen LogP contribution is -2.38. The quantitative estimate of drug-likeness (QED) is 0.584. The Labute approximate surface area is 193 Å². The monoisotopic (exact) mass is 448 g/mol. The van der Waals surface area contributed by atoms with Crippen molar-refractivity contribution in [2.75, 3.05) is 44.6 Å². The van der Waals surface area contributed by atoms with E-state index in [0.717, 1.165) is 48.8 Å². The molecule has 0 aliphatic carbocycles. The molecule has 1 aliphatic rings. The van der Waals surface area contributed by atoms with Crippen molar-refractivity contribution in [3.8, 4) is 28.5 Å². The second-order valence-electron chi connectivity index (χ2n) is 7.83. The number of methoxy groups -OCH3 is 3. The van der Waals surface area contributed by atoms with Crippen molar-refractivity contribution < 1.29 is 19.0 Å². The van der Waals surface area contributed by atoms with Gasteiger partial charge in [-0.25, -0.2) is 0 Å². The lowest BCUT2D eigenvalue weighted by Gasteiger charge is -2.31. The van der Waals surface area contributed by atoms with Gasteiger partial charge in [-0.05, 0) is 37.1 Å². The number of carbonyl (C=O) groups is 1. The van der Waals surface area contributed by atoms with Gasteiger partial charge in [0.15, 0.2) is 5.82 Å². The van der Waals surface area contributed by atoms with Gasteiger partial charge in [0.2, 0.25) is 5.91 Å². The predicted molar refractivity (Wildman–Crippen MR) is 127 cm³/mol. The molecular formula is C25H28N4O4. The minimum Gasteiger partial charge on any atom is -0.497 e. The summed E-state index contributed by atoms with van der Waals surface area (Å²) in [7, 11) is 4.81. The third-order valence-corrected chi connectivity index (χ3v) is 5.84. The smallest absolute Gasteiger partial charge is 0.227 e. The molecule has 33 heavy (non-hydrogen) atoms. The summed E-state index contributed by atoms with van der Waals surface area (Å²) in [4.78, 5) is 15.0. The maximum atomic E-state index is 12.8. The van der Waals surface area contributed by atoms with Crippen molar-refractivity contribution in [1.29, 1.82) is 0 Å². The second-order valence-corrected chi connectivity index (χ2v) is 7.83. The molecule has 0 radical (unpaired) electrons. The average Bonchev–Trinajstić information content (AvgIpc) is 2.88. The number of hydrogen-bond acceptors (Lipinski definition) is 7. The molecule has 0 bridgehead atoms. The van der Waals surface area contributed by atoms with E-state index in [2.05, 4.69) is 20.4 Å². The van der Waals surface area contributed by atoms with Crippen LogP contribution in [0.5, 0.6) is 17.2 Å². The molecule has 4 rings (SSSR count). The molecule has 0 saturated carbocycles. The lowest BCUT2D eigenvalue weighted by molar-refractivity contribution is -0.120. The van der Waals surface area contributed by atoms with Crippen molar-refractivity contribution in [3.05, 3.63) is 54.6 Å². The third kappa shape index (κ3) is 5.16. The molecule has 0 unspecified atom stereocenters. The zero-order chi connectivity index (χ0) is 23.2. The van der Waals surface area contributed by atoms with Gasteiger partial charge >= 0.3 is 0 Å². The Balaban J connectivity index is 1.36. The van der Waals surface area contributed by atoms with Crippen molar-refractivity contribution >= 4 is 17.4 Å². The molecule has 1 aromatic heterocycles. The molecule has 172 valence electrons. The van der Waals surface area contributed by atoms with E-state index in [1.807, 2.05) is 36.4 Å². The average molecular weight is 449 g/mol. The Morgan fingerprint density at radius 3 is 2.21 bits per heavy atom. The number of nitrogens with zero attached hydrogens (tertiary/aromatic N) is 3. The minimum absolute atomic E-state index is 0.00237. The van der Waals surface area contributed by atoms with Crippen LogP contribution in [0.15, 0.2) is 54.6 Å². The number of anilines is 2. The van der Waals surface area contributed by atoms with Gasteiger partial charge in [0.05, 0.1) is 27.0 Å². The van der Waals surface area contributed by atoms with Crippen LogP contribution in [0, 0.1) is 5.92 Å². The van der Waals surface area contributed by atoms with E-state index in [1.165, 1.54) is 0 Å². The highest BCUT2D eigenvalue weighted by atomic mass is 16.5. The highest BCUT2D eigenvalue weighted by molar-refractivity contribution is 5.93. The van der Waals surface area contributed by atoms with E-state index >= 15 is 0 Å². The number of benzene rings is 2. The second kappa shape index (κ2) is 10.2. The third-order valence-electron chi connectivity index (χ3n) is 5.84. The molecule has 1 amide bonds. The fourth-order valence-corrected chi connectivity index (χ4v) is 3.99. The molecule has 3 aromatic rings. The maximum Gasteiger partial charge on any atom is 0.227 e. The minimum atomic E-state index is -0.0701. The van der Waals surface area contributed by atoms with Gasteiger partial charge in [-0.15, -0.1) is 10.2 Å². The fraction of sp³-hybridized carbons (Fsp3) is 0.320. The molecule has 8 heteroatoms. The van der Waals surface area contributed by atoms with E-state index < -0.39 is 0 Å². The molecule has 2 aromatic carbocycles. The van der Waals surface area contributed by atoms with Crippen LogP contribution >= 0.6 is 0 Å². The summed E-state index contributed by atoms with van der Waals surface area (Å²) in [6.45, 7) is 1.48. The maximum absolute atomic E-state index is 12.8. The number of nitrogens with one attached hydrogen (secondary N) is 1. The van der Waals surface area contributed by atoms with Gasteiger partial charge in [0.1, 0.15) is 17.2 Å². The van der Waals surface area contributed by atoms with Crippen LogP contribution in [-0.2, 0) is 4.79 Å². The lowest BCUT2D eigenvalue weighted by atomic mass is 9.95. The summed E-state index contributed by atoms with van der Waals surface area (Å²) in [6.07, 6.45) is 1.48. The highest BCUT2D eigenvalue weighted by Crippen LogP contribution is 2.30. The number of hydrogen-bond donors (Lipinski definition) is 1. The van der Waals surface area contributed by atoms with Crippen molar-refractivity contribution in [2.24, 2.45) is 5.92 Å². The summed E-state index contributed by atoms with van der Waals surface area (Å²) in [6, 6.07) is 17.0. The number of amides is 1. The van der Waals surface area contributed by atoms with E-state index in [4.69, 9.17) is 14.2 Å². The molecule has 1 fully saturated rings. The number of piperidine rings is 1. The number of rotatable bonds is 7. The first-order chi connectivity index (χ1) is 16.1. The Hall–Kier alpha value is -3.81. The van der Waals surface area contributed by atoms with Crippen LogP contribution in [0.1, 0.15) is 12.8 Å². The molecule has 1 N–H and O–H groups in total. The van der Waals surface area contributed by atoms with Crippen LogP contribution in [0.2, 0.25) is 0 Å². The first kappa shape index (κ1) is 22.4. The summed E-state index contributed by atoms with van der Waals surface area (Å²) >= 11 is 0. The summed E-state index contributed by atoms with van der Waals surface area (Å²) in [5, 5.41) is 11.8. The summed E-state index contributed by atoms with van der Waals surface area (Å²) < 4.78 is 16.0. The van der Waals surface area contributed by atoms with Crippen molar-refractivity contribution in [3.63, 3.8) is 0 Å². The van der Waals surface area contributed by atoms with Gasteiger partial charge < -0.3 is 24.4 Å².